The number of carbonyl (C=O) groups excluding carboxylic acids is 1. The highest BCUT2D eigenvalue weighted by atomic mass is 35.5. The molecule has 1 aliphatic heterocycles. The van der Waals surface area contributed by atoms with Gasteiger partial charge in [0.05, 0.1) is 12.0 Å². The Hall–Kier alpha value is -1.80. The minimum atomic E-state index is -0.211. The minimum absolute atomic E-state index is 0.0846. The molecule has 0 radical (unpaired) electrons. The van der Waals surface area contributed by atoms with Gasteiger partial charge in [0, 0.05) is 5.02 Å². The standard InChI is InChI=1S/C17H15ClO2/c1-10-4-3-5-11(2)17(10)16-9-14(19)13-8-12(18)6-7-15(13)20-16/h3-8,16H,9H2,1-2H3. The van der Waals surface area contributed by atoms with Gasteiger partial charge < -0.3 is 4.74 Å². The summed E-state index contributed by atoms with van der Waals surface area (Å²) in [6, 6.07) is 11.3. The molecule has 0 aromatic heterocycles. The lowest BCUT2D eigenvalue weighted by molar-refractivity contribution is 0.0849. The molecule has 2 aromatic rings. The summed E-state index contributed by atoms with van der Waals surface area (Å²) in [5.74, 6) is 0.708. The van der Waals surface area contributed by atoms with Crippen LogP contribution in [0.5, 0.6) is 5.75 Å². The Bertz CT molecular complexity index is 671. The Morgan fingerprint density at radius 3 is 2.55 bits per heavy atom. The lowest BCUT2D eigenvalue weighted by Crippen LogP contribution is -2.21. The number of Topliss-reactive ketones (excluding diaryl/α,β-unsaturated/α-hetero) is 1. The average Bonchev–Trinajstić information content (AvgIpc) is 2.39. The highest BCUT2D eigenvalue weighted by molar-refractivity contribution is 6.31. The molecule has 0 amide bonds. The molecule has 0 aliphatic carbocycles. The van der Waals surface area contributed by atoms with E-state index in [1.165, 1.54) is 0 Å². The van der Waals surface area contributed by atoms with Gasteiger partial charge in [-0.1, -0.05) is 29.8 Å². The van der Waals surface area contributed by atoms with Crippen molar-refractivity contribution < 1.29 is 9.53 Å². The van der Waals surface area contributed by atoms with Crippen molar-refractivity contribution in [1.82, 2.24) is 0 Å². The Morgan fingerprint density at radius 1 is 1.15 bits per heavy atom. The third-order valence-electron chi connectivity index (χ3n) is 3.75. The number of rotatable bonds is 1. The normalized spacial score (nSPS) is 17.6. The van der Waals surface area contributed by atoms with Crippen LogP contribution in [0.15, 0.2) is 36.4 Å². The van der Waals surface area contributed by atoms with Crippen molar-refractivity contribution in [2.75, 3.05) is 0 Å². The molecular weight excluding hydrogens is 272 g/mol. The molecule has 0 saturated carbocycles. The molecule has 1 heterocycles. The number of hydrogen-bond donors (Lipinski definition) is 0. The fraction of sp³-hybridized carbons (Fsp3) is 0.235. The van der Waals surface area contributed by atoms with E-state index in [9.17, 15) is 4.79 Å². The summed E-state index contributed by atoms with van der Waals surface area (Å²) in [5, 5.41) is 0.561. The molecule has 1 atom stereocenters. The zero-order valence-corrected chi connectivity index (χ0v) is 12.2. The van der Waals surface area contributed by atoms with Crippen LogP contribution < -0.4 is 4.74 Å². The van der Waals surface area contributed by atoms with Crippen LogP contribution in [0.4, 0.5) is 0 Å². The van der Waals surface area contributed by atoms with Gasteiger partial charge in [0.2, 0.25) is 0 Å². The second-order valence-electron chi connectivity index (χ2n) is 5.18. The van der Waals surface area contributed by atoms with Gasteiger partial charge in [0.15, 0.2) is 5.78 Å². The highest BCUT2D eigenvalue weighted by Gasteiger charge is 2.29. The zero-order chi connectivity index (χ0) is 14.3. The summed E-state index contributed by atoms with van der Waals surface area (Å²) >= 11 is 5.94. The van der Waals surface area contributed by atoms with Crippen LogP contribution in [-0.2, 0) is 0 Å². The maximum atomic E-state index is 12.3. The lowest BCUT2D eigenvalue weighted by atomic mass is 9.91. The summed E-state index contributed by atoms with van der Waals surface area (Å²) in [4.78, 5) is 12.3. The summed E-state index contributed by atoms with van der Waals surface area (Å²) in [7, 11) is 0. The Kier molecular flexibility index (Phi) is 3.27. The molecule has 0 saturated heterocycles. The van der Waals surface area contributed by atoms with Crippen molar-refractivity contribution in [3.63, 3.8) is 0 Å². The molecule has 3 heteroatoms. The van der Waals surface area contributed by atoms with E-state index in [0.717, 1.165) is 16.7 Å². The number of aryl methyl sites for hydroxylation is 2. The van der Waals surface area contributed by atoms with Crippen LogP contribution >= 0.6 is 11.6 Å². The van der Waals surface area contributed by atoms with Gasteiger partial charge in [-0.05, 0) is 48.7 Å². The summed E-state index contributed by atoms with van der Waals surface area (Å²) in [6.45, 7) is 4.10. The largest absolute Gasteiger partial charge is 0.484 e. The Balaban J connectivity index is 2.04. The van der Waals surface area contributed by atoms with E-state index in [0.29, 0.717) is 22.8 Å². The number of ether oxygens (including phenoxy) is 1. The second-order valence-corrected chi connectivity index (χ2v) is 5.62. The van der Waals surface area contributed by atoms with E-state index >= 15 is 0 Å². The van der Waals surface area contributed by atoms with Crippen LogP contribution in [0.3, 0.4) is 0 Å². The van der Waals surface area contributed by atoms with Gasteiger partial charge >= 0.3 is 0 Å². The zero-order valence-electron chi connectivity index (χ0n) is 11.4. The van der Waals surface area contributed by atoms with Crippen LogP contribution in [0.1, 0.15) is 39.6 Å². The third kappa shape index (κ3) is 2.20. The maximum absolute atomic E-state index is 12.3. The molecule has 102 valence electrons. The summed E-state index contributed by atoms with van der Waals surface area (Å²) < 4.78 is 6.03. The van der Waals surface area contributed by atoms with Crippen molar-refractivity contribution in [2.24, 2.45) is 0 Å². The van der Waals surface area contributed by atoms with Crippen LogP contribution in [-0.4, -0.2) is 5.78 Å². The van der Waals surface area contributed by atoms with E-state index < -0.39 is 0 Å². The van der Waals surface area contributed by atoms with E-state index in [4.69, 9.17) is 16.3 Å². The van der Waals surface area contributed by atoms with Crippen LogP contribution in [0, 0.1) is 13.8 Å². The molecule has 2 aromatic carbocycles. The molecule has 0 bridgehead atoms. The van der Waals surface area contributed by atoms with E-state index in [1.807, 2.05) is 32.0 Å². The topological polar surface area (TPSA) is 26.3 Å². The molecular formula is C17H15ClO2. The van der Waals surface area contributed by atoms with Crippen LogP contribution in [0.2, 0.25) is 5.02 Å². The SMILES string of the molecule is Cc1cccc(C)c1C1CC(=O)c2cc(Cl)ccc2O1. The number of carbonyl (C=O) groups is 1. The predicted octanol–water partition coefficient (Wildman–Crippen LogP) is 4.66. The minimum Gasteiger partial charge on any atom is -0.484 e. The fourth-order valence-electron chi connectivity index (χ4n) is 2.79. The molecule has 0 spiro atoms. The van der Waals surface area contributed by atoms with Gasteiger partial charge in [0.25, 0.3) is 0 Å². The Labute approximate surface area is 123 Å². The third-order valence-corrected chi connectivity index (χ3v) is 3.98. The van der Waals surface area contributed by atoms with E-state index in [-0.39, 0.29) is 11.9 Å². The first kappa shape index (κ1) is 13.2. The fourth-order valence-corrected chi connectivity index (χ4v) is 2.96. The van der Waals surface area contributed by atoms with Crippen LogP contribution in [0.25, 0.3) is 0 Å². The highest BCUT2D eigenvalue weighted by Crippen LogP contribution is 2.38. The summed E-state index contributed by atoms with van der Waals surface area (Å²) in [6.07, 6.45) is 0.149. The molecule has 3 rings (SSSR count). The average molecular weight is 287 g/mol. The van der Waals surface area contributed by atoms with Gasteiger partial charge in [-0.3, -0.25) is 4.79 Å². The molecule has 0 N–H and O–H groups in total. The van der Waals surface area contributed by atoms with Gasteiger partial charge in [0.1, 0.15) is 11.9 Å². The van der Waals surface area contributed by atoms with Crippen molar-refractivity contribution in [3.8, 4) is 5.75 Å². The first-order valence-electron chi connectivity index (χ1n) is 6.62. The molecule has 0 fully saturated rings. The van der Waals surface area contributed by atoms with Gasteiger partial charge in [-0.2, -0.15) is 0 Å². The first-order chi connectivity index (χ1) is 9.56. The van der Waals surface area contributed by atoms with Crippen molar-refractivity contribution in [1.29, 1.82) is 0 Å². The van der Waals surface area contributed by atoms with Gasteiger partial charge in [-0.25, -0.2) is 0 Å². The van der Waals surface area contributed by atoms with Gasteiger partial charge in [-0.15, -0.1) is 0 Å². The number of fused-ring (bicyclic) bond motifs is 1. The number of hydrogen-bond acceptors (Lipinski definition) is 2. The monoisotopic (exact) mass is 286 g/mol. The number of halogens is 1. The molecule has 1 aliphatic rings. The number of ketones is 1. The molecule has 1 unspecified atom stereocenters. The maximum Gasteiger partial charge on any atom is 0.170 e. The lowest BCUT2D eigenvalue weighted by Gasteiger charge is -2.27. The molecule has 2 nitrogen and oxygen atoms in total. The molecule has 20 heavy (non-hydrogen) atoms. The first-order valence-corrected chi connectivity index (χ1v) is 6.99. The van der Waals surface area contributed by atoms with E-state index in [1.54, 1.807) is 18.2 Å². The van der Waals surface area contributed by atoms with Crippen molar-refractivity contribution in [2.45, 2.75) is 26.4 Å². The summed E-state index contributed by atoms with van der Waals surface area (Å²) in [5.41, 5.74) is 4.00. The van der Waals surface area contributed by atoms with E-state index in [2.05, 4.69) is 0 Å². The van der Waals surface area contributed by atoms with Crippen molar-refractivity contribution >= 4 is 17.4 Å². The second kappa shape index (κ2) is 4.95. The predicted molar refractivity (Wildman–Crippen MR) is 79.7 cm³/mol. The quantitative estimate of drug-likeness (QED) is 0.762. The number of benzene rings is 2. The van der Waals surface area contributed by atoms with Crippen molar-refractivity contribution in [3.05, 3.63) is 63.7 Å². The Morgan fingerprint density at radius 2 is 1.85 bits per heavy atom. The smallest absolute Gasteiger partial charge is 0.170 e.